The average Bonchev–Trinajstić information content (AvgIpc) is 2.72. The van der Waals surface area contributed by atoms with Gasteiger partial charge in [-0.1, -0.05) is 27.5 Å². The largest absolute Gasteiger partial charge is 0.460 e. The highest BCUT2D eigenvalue weighted by molar-refractivity contribution is 9.10. The van der Waals surface area contributed by atoms with Crippen LogP contribution in [-0.4, -0.2) is 27.3 Å². The molecule has 2 aromatic rings. The molecule has 1 heterocycles. The van der Waals surface area contributed by atoms with Crippen molar-refractivity contribution in [2.75, 3.05) is 6.61 Å². The second-order valence-electron chi connectivity index (χ2n) is 3.73. The molecule has 19 heavy (non-hydrogen) atoms. The molecule has 0 aliphatic carbocycles. The van der Waals surface area contributed by atoms with Crippen LogP contribution in [0.5, 0.6) is 0 Å². The van der Waals surface area contributed by atoms with Gasteiger partial charge in [0.1, 0.15) is 0 Å². The van der Waals surface area contributed by atoms with Crippen molar-refractivity contribution in [2.45, 2.75) is 6.92 Å². The first-order chi connectivity index (χ1) is 9.02. The molecule has 100 valence electrons. The maximum Gasteiger partial charge on any atom is 0.378 e. The Balaban J connectivity index is 2.43. The average molecular weight is 345 g/mol. The summed E-state index contributed by atoms with van der Waals surface area (Å²) in [4.78, 5) is 15.7. The summed E-state index contributed by atoms with van der Waals surface area (Å²) in [5.74, 6) is -0.00327. The Morgan fingerprint density at radius 1 is 1.53 bits per heavy atom. The van der Waals surface area contributed by atoms with Crippen molar-refractivity contribution in [3.8, 4) is 11.4 Å². The van der Waals surface area contributed by atoms with Crippen LogP contribution in [0.25, 0.3) is 11.4 Å². The number of carbonyl (C=O) groups is 1. The molecule has 1 aromatic carbocycles. The van der Waals surface area contributed by atoms with Gasteiger partial charge in [-0.05, 0) is 25.1 Å². The lowest BCUT2D eigenvalue weighted by molar-refractivity contribution is 0.0512. The molecule has 0 radical (unpaired) electrons. The number of hydrogen-bond donors (Lipinski definition) is 0. The van der Waals surface area contributed by atoms with Gasteiger partial charge in [0.15, 0.2) is 5.82 Å². The predicted molar refractivity (Wildman–Crippen MR) is 75.1 cm³/mol. The first kappa shape index (κ1) is 14.0. The van der Waals surface area contributed by atoms with Gasteiger partial charge in [0.25, 0.3) is 5.82 Å². The van der Waals surface area contributed by atoms with Crippen molar-refractivity contribution in [3.05, 3.63) is 33.5 Å². The molecule has 0 bridgehead atoms. The summed E-state index contributed by atoms with van der Waals surface area (Å²) in [6.07, 6.45) is 0. The Kier molecular flexibility index (Phi) is 4.21. The summed E-state index contributed by atoms with van der Waals surface area (Å²) in [7, 11) is 1.70. The third-order valence-electron chi connectivity index (χ3n) is 2.39. The number of hydrogen-bond acceptors (Lipinski definition) is 4. The number of rotatable bonds is 3. The van der Waals surface area contributed by atoms with Crippen molar-refractivity contribution in [2.24, 2.45) is 7.05 Å². The molecule has 0 saturated carbocycles. The number of benzene rings is 1. The minimum absolute atomic E-state index is 0.0262. The van der Waals surface area contributed by atoms with E-state index in [2.05, 4.69) is 26.0 Å². The summed E-state index contributed by atoms with van der Waals surface area (Å²) in [5.41, 5.74) is 0.704. The number of esters is 1. The van der Waals surface area contributed by atoms with Crippen LogP contribution in [0.4, 0.5) is 0 Å². The summed E-state index contributed by atoms with van der Waals surface area (Å²) < 4.78 is 7.23. The molecular weight excluding hydrogens is 334 g/mol. The van der Waals surface area contributed by atoms with Crippen molar-refractivity contribution in [1.29, 1.82) is 0 Å². The third kappa shape index (κ3) is 2.96. The number of aryl methyl sites for hydroxylation is 1. The zero-order chi connectivity index (χ0) is 14.0. The monoisotopic (exact) mass is 343 g/mol. The molecule has 2 rings (SSSR count). The molecule has 0 amide bonds. The van der Waals surface area contributed by atoms with Crippen molar-refractivity contribution >= 4 is 33.5 Å². The Bertz CT molecular complexity index is 627. The van der Waals surface area contributed by atoms with Gasteiger partial charge < -0.3 is 4.74 Å². The normalized spacial score (nSPS) is 10.5. The first-order valence-corrected chi connectivity index (χ1v) is 6.73. The standard InChI is InChI=1S/C12H11BrClN3O2/c1-3-19-12(18)10-15-11(17(2)16-10)8-5-4-7(13)6-9(8)14/h4-6H,3H2,1-2H3. The third-order valence-corrected chi connectivity index (χ3v) is 3.20. The maximum absolute atomic E-state index is 11.6. The van der Waals surface area contributed by atoms with Crippen LogP contribution in [0.3, 0.4) is 0 Å². The molecule has 0 spiro atoms. The van der Waals surface area contributed by atoms with Crippen LogP contribution in [0, 0.1) is 0 Å². The van der Waals surface area contributed by atoms with Gasteiger partial charge in [0.05, 0.1) is 11.6 Å². The second kappa shape index (κ2) is 5.71. The highest BCUT2D eigenvalue weighted by atomic mass is 79.9. The first-order valence-electron chi connectivity index (χ1n) is 5.56. The molecule has 1 aromatic heterocycles. The molecular formula is C12H11BrClN3O2. The highest BCUT2D eigenvalue weighted by Gasteiger charge is 2.18. The zero-order valence-corrected chi connectivity index (χ0v) is 12.7. The Morgan fingerprint density at radius 2 is 2.26 bits per heavy atom. The van der Waals surface area contributed by atoms with Gasteiger partial charge >= 0.3 is 5.97 Å². The molecule has 0 N–H and O–H groups in total. The Morgan fingerprint density at radius 3 is 2.89 bits per heavy atom. The number of ether oxygens (including phenoxy) is 1. The van der Waals surface area contributed by atoms with Gasteiger partial charge in [-0.25, -0.2) is 14.5 Å². The molecule has 0 unspecified atom stereocenters. The smallest absolute Gasteiger partial charge is 0.378 e. The van der Waals surface area contributed by atoms with E-state index in [0.29, 0.717) is 16.4 Å². The van der Waals surface area contributed by atoms with Crippen molar-refractivity contribution < 1.29 is 9.53 Å². The van der Waals surface area contributed by atoms with Crippen molar-refractivity contribution in [1.82, 2.24) is 14.8 Å². The van der Waals surface area contributed by atoms with Gasteiger partial charge in [-0.2, -0.15) is 0 Å². The number of halogens is 2. The zero-order valence-electron chi connectivity index (χ0n) is 10.4. The van der Waals surface area contributed by atoms with Crippen molar-refractivity contribution in [3.63, 3.8) is 0 Å². The fourth-order valence-electron chi connectivity index (χ4n) is 1.57. The number of carbonyl (C=O) groups excluding carboxylic acids is 1. The summed E-state index contributed by atoms with van der Waals surface area (Å²) in [5, 5.41) is 4.56. The van der Waals surface area contributed by atoms with Crippen LogP contribution in [0.1, 0.15) is 17.5 Å². The van der Waals surface area contributed by atoms with Crippen LogP contribution in [-0.2, 0) is 11.8 Å². The van der Waals surface area contributed by atoms with Gasteiger partial charge in [-0.15, -0.1) is 5.10 Å². The van der Waals surface area contributed by atoms with Gasteiger partial charge in [-0.3, -0.25) is 0 Å². The lowest BCUT2D eigenvalue weighted by atomic mass is 10.2. The van der Waals surface area contributed by atoms with Crippen LogP contribution >= 0.6 is 27.5 Å². The molecule has 0 saturated heterocycles. The predicted octanol–water partition coefficient (Wildman–Crippen LogP) is 3.07. The van der Waals surface area contributed by atoms with E-state index in [1.807, 2.05) is 12.1 Å². The number of aromatic nitrogens is 3. The molecule has 0 atom stereocenters. The Hall–Kier alpha value is -1.40. The summed E-state index contributed by atoms with van der Waals surface area (Å²) in [6, 6.07) is 5.42. The molecule has 0 aliphatic heterocycles. The highest BCUT2D eigenvalue weighted by Crippen LogP contribution is 2.29. The minimum Gasteiger partial charge on any atom is -0.460 e. The van der Waals surface area contributed by atoms with Gasteiger partial charge in [0, 0.05) is 17.1 Å². The molecule has 5 nitrogen and oxygen atoms in total. The molecule has 7 heteroatoms. The van der Waals surface area contributed by atoms with E-state index in [4.69, 9.17) is 16.3 Å². The van der Waals surface area contributed by atoms with Crippen LogP contribution in [0.2, 0.25) is 5.02 Å². The summed E-state index contributed by atoms with van der Waals surface area (Å²) in [6.45, 7) is 2.01. The van der Waals surface area contributed by atoms with E-state index in [1.54, 1.807) is 20.0 Å². The lowest BCUT2D eigenvalue weighted by Gasteiger charge is -2.03. The second-order valence-corrected chi connectivity index (χ2v) is 5.05. The van der Waals surface area contributed by atoms with E-state index in [0.717, 1.165) is 4.47 Å². The van der Waals surface area contributed by atoms with E-state index >= 15 is 0 Å². The molecule has 0 fully saturated rings. The van der Waals surface area contributed by atoms with E-state index in [1.165, 1.54) is 4.68 Å². The summed E-state index contributed by atoms with van der Waals surface area (Å²) >= 11 is 9.49. The fraction of sp³-hybridized carbons (Fsp3) is 0.250. The number of nitrogens with zero attached hydrogens (tertiary/aromatic N) is 3. The lowest BCUT2D eigenvalue weighted by Crippen LogP contribution is -2.07. The van der Waals surface area contributed by atoms with E-state index in [9.17, 15) is 4.79 Å². The molecule has 0 aliphatic rings. The van der Waals surface area contributed by atoms with Gasteiger partial charge in [0.2, 0.25) is 0 Å². The quantitative estimate of drug-likeness (QED) is 0.803. The van der Waals surface area contributed by atoms with E-state index < -0.39 is 5.97 Å². The fourth-order valence-corrected chi connectivity index (χ4v) is 2.33. The maximum atomic E-state index is 11.6. The minimum atomic E-state index is -0.544. The van der Waals surface area contributed by atoms with Crippen LogP contribution in [0.15, 0.2) is 22.7 Å². The Labute approximate surface area is 123 Å². The topological polar surface area (TPSA) is 57.0 Å². The SMILES string of the molecule is CCOC(=O)c1nc(-c2ccc(Br)cc2Cl)n(C)n1. The van der Waals surface area contributed by atoms with E-state index in [-0.39, 0.29) is 12.4 Å². The van der Waals surface area contributed by atoms with Crippen LogP contribution < -0.4 is 0 Å².